The highest BCUT2D eigenvalue weighted by molar-refractivity contribution is 5.86. The predicted octanol–water partition coefficient (Wildman–Crippen LogP) is 4.83. The number of rotatable bonds is 10. The number of benzene rings is 2. The minimum atomic E-state index is 0.0430. The third kappa shape index (κ3) is 4.38. The Hall–Kier alpha value is -3.74. The Morgan fingerprint density at radius 2 is 1.71 bits per heavy atom. The van der Waals surface area contributed by atoms with Gasteiger partial charge in [-0.15, -0.1) is 0 Å². The lowest BCUT2D eigenvalue weighted by molar-refractivity contribution is -0.157. The number of fused-ring (bicyclic) bond motifs is 1. The molecule has 2 atom stereocenters. The van der Waals surface area contributed by atoms with E-state index in [-0.39, 0.29) is 17.9 Å². The van der Waals surface area contributed by atoms with Crippen LogP contribution in [0.15, 0.2) is 73.3 Å². The van der Waals surface area contributed by atoms with E-state index in [9.17, 15) is 4.79 Å². The van der Waals surface area contributed by atoms with Crippen molar-refractivity contribution in [3.63, 3.8) is 0 Å². The number of aromatic nitrogens is 4. The molecule has 1 fully saturated rings. The highest BCUT2D eigenvalue weighted by Crippen LogP contribution is 2.42. The Labute approximate surface area is 199 Å². The first-order valence-corrected chi connectivity index (χ1v) is 12.1. The number of anilines is 1. The molecule has 0 bridgehead atoms. The second kappa shape index (κ2) is 10.0. The number of β-lactam (4-membered cyclic amide) rings is 1. The fourth-order valence-electron chi connectivity index (χ4n) is 4.89. The minimum absolute atomic E-state index is 0.0430. The number of nitrogens with one attached hydrogen (secondary N) is 1. The second-order valence-electron chi connectivity index (χ2n) is 8.81. The van der Waals surface area contributed by atoms with Crippen LogP contribution in [0.2, 0.25) is 0 Å². The number of hydrogen-bond donors (Lipinski definition) is 1. The van der Waals surface area contributed by atoms with Gasteiger partial charge in [0.15, 0.2) is 11.5 Å². The fraction of sp³-hybridized carbons (Fsp3) is 0.333. The quantitative estimate of drug-likeness (QED) is 0.348. The van der Waals surface area contributed by atoms with E-state index < -0.39 is 0 Å². The zero-order chi connectivity index (χ0) is 23.3. The maximum absolute atomic E-state index is 12.9. The van der Waals surface area contributed by atoms with E-state index in [0.29, 0.717) is 6.54 Å². The maximum Gasteiger partial charge on any atom is 0.228 e. The van der Waals surface area contributed by atoms with Crippen LogP contribution in [0.4, 0.5) is 5.82 Å². The smallest absolute Gasteiger partial charge is 0.228 e. The summed E-state index contributed by atoms with van der Waals surface area (Å²) in [5, 5.41) is 3.38. The summed E-state index contributed by atoms with van der Waals surface area (Å²) >= 11 is 0. The second-order valence-corrected chi connectivity index (χ2v) is 8.81. The third-order valence-corrected chi connectivity index (χ3v) is 6.54. The molecule has 1 saturated heterocycles. The molecule has 5 rings (SSSR count). The van der Waals surface area contributed by atoms with Crippen LogP contribution in [0.3, 0.4) is 0 Å². The first kappa shape index (κ1) is 22.1. The van der Waals surface area contributed by atoms with Gasteiger partial charge >= 0.3 is 0 Å². The third-order valence-electron chi connectivity index (χ3n) is 6.54. The van der Waals surface area contributed by atoms with Crippen LogP contribution in [-0.4, -0.2) is 36.9 Å². The first-order chi connectivity index (χ1) is 16.8. The average molecular weight is 455 g/mol. The molecule has 7 heteroatoms. The van der Waals surface area contributed by atoms with Gasteiger partial charge in [0.25, 0.3) is 0 Å². The van der Waals surface area contributed by atoms with Crippen molar-refractivity contribution in [2.45, 2.75) is 45.3 Å². The molecule has 4 aromatic rings. The van der Waals surface area contributed by atoms with Gasteiger partial charge in [-0.05, 0) is 30.4 Å². The lowest BCUT2D eigenvalue weighted by Crippen LogP contribution is -2.55. The first-order valence-electron chi connectivity index (χ1n) is 12.1. The van der Waals surface area contributed by atoms with Crippen LogP contribution in [0.5, 0.6) is 0 Å². The summed E-state index contributed by atoms with van der Waals surface area (Å²) in [5.74, 6) is 1.06. The number of aryl methyl sites for hydroxylation is 1. The molecule has 1 amide bonds. The fourth-order valence-corrected chi connectivity index (χ4v) is 4.89. The standard InChI is InChI=1S/C27H30N6O/c1-2-15-33-24(21-12-7-4-8-13-21)22(27(33)34)14-9-16-32-19-31-23-25(29-18-30-26(23)32)28-17-20-10-5-3-6-11-20/h3-8,10-13,18-19,22,24H,2,9,14-17H2,1H3,(H,28,29,30)/t22-,24-/m1/s1. The lowest BCUT2D eigenvalue weighted by atomic mass is 9.79. The van der Waals surface area contributed by atoms with E-state index in [1.165, 1.54) is 11.1 Å². The summed E-state index contributed by atoms with van der Waals surface area (Å²) in [6.07, 6.45) is 6.12. The summed E-state index contributed by atoms with van der Waals surface area (Å²) < 4.78 is 2.06. The van der Waals surface area contributed by atoms with Crippen molar-refractivity contribution in [2.24, 2.45) is 5.92 Å². The van der Waals surface area contributed by atoms with Crippen LogP contribution in [-0.2, 0) is 17.9 Å². The normalized spacial score (nSPS) is 17.7. The highest BCUT2D eigenvalue weighted by Gasteiger charge is 2.46. The van der Waals surface area contributed by atoms with Crippen molar-refractivity contribution < 1.29 is 4.79 Å². The number of nitrogens with zero attached hydrogens (tertiary/aromatic N) is 5. The number of likely N-dealkylation sites (tertiary alicyclic amines) is 1. The molecule has 0 radical (unpaired) electrons. The Morgan fingerprint density at radius 1 is 0.941 bits per heavy atom. The Balaban J connectivity index is 1.24. The van der Waals surface area contributed by atoms with Gasteiger partial charge < -0.3 is 14.8 Å². The van der Waals surface area contributed by atoms with Gasteiger partial charge in [0.05, 0.1) is 18.3 Å². The molecule has 1 aliphatic heterocycles. The van der Waals surface area contributed by atoms with Crippen LogP contribution < -0.4 is 5.32 Å². The van der Waals surface area contributed by atoms with Gasteiger partial charge in [-0.2, -0.15) is 0 Å². The molecule has 34 heavy (non-hydrogen) atoms. The summed E-state index contributed by atoms with van der Waals surface area (Å²) in [5.41, 5.74) is 4.01. The number of hydrogen-bond acceptors (Lipinski definition) is 5. The molecule has 1 aliphatic rings. The zero-order valence-electron chi connectivity index (χ0n) is 19.5. The molecule has 0 spiro atoms. The molecule has 7 nitrogen and oxygen atoms in total. The van der Waals surface area contributed by atoms with Crippen molar-refractivity contribution >= 4 is 22.9 Å². The summed E-state index contributed by atoms with van der Waals surface area (Å²) in [6.45, 7) is 4.39. The van der Waals surface area contributed by atoms with Crippen LogP contribution in [0, 0.1) is 5.92 Å². The number of amides is 1. The Kier molecular flexibility index (Phi) is 6.51. The van der Waals surface area contributed by atoms with E-state index >= 15 is 0 Å². The van der Waals surface area contributed by atoms with Gasteiger partial charge in [-0.25, -0.2) is 15.0 Å². The molecule has 0 aliphatic carbocycles. The van der Waals surface area contributed by atoms with E-state index in [1.807, 2.05) is 35.5 Å². The monoisotopic (exact) mass is 454 g/mol. The van der Waals surface area contributed by atoms with Crippen molar-refractivity contribution in [3.05, 3.63) is 84.4 Å². The number of imidazole rings is 1. The number of carbonyl (C=O) groups is 1. The maximum atomic E-state index is 12.9. The van der Waals surface area contributed by atoms with Gasteiger partial charge in [0, 0.05) is 19.6 Å². The Morgan fingerprint density at radius 3 is 2.47 bits per heavy atom. The van der Waals surface area contributed by atoms with Crippen LogP contribution >= 0.6 is 0 Å². The van der Waals surface area contributed by atoms with Crippen molar-refractivity contribution in [1.29, 1.82) is 0 Å². The van der Waals surface area contributed by atoms with Gasteiger partial charge in [0.2, 0.25) is 5.91 Å². The Bertz CT molecular complexity index is 1240. The molecule has 1 N–H and O–H groups in total. The van der Waals surface area contributed by atoms with Gasteiger partial charge in [-0.3, -0.25) is 4.79 Å². The van der Waals surface area contributed by atoms with E-state index in [4.69, 9.17) is 0 Å². The average Bonchev–Trinajstić information content (AvgIpc) is 3.30. The molecular formula is C27H30N6O. The molecule has 2 aromatic heterocycles. The SMILES string of the molecule is CCCN1C(=O)[C@H](CCCn2cnc3c(NCc4ccccc4)ncnc32)[C@H]1c1ccccc1. The predicted molar refractivity (Wildman–Crippen MR) is 133 cm³/mol. The van der Waals surface area contributed by atoms with Crippen LogP contribution in [0.25, 0.3) is 11.2 Å². The van der Waals surface area contributed by atoms with E-state index in [0.717, 1.165) is 49.3 Å². The molecule has 2 aromatic carbocycles. The van der Waals surface area contributed by atoms with Gasteiger partial charge in [0.1, 0.15) is 11.8 Å². The van der Waals surface area contributed by atoms with Crippen molar-refractivity contribution in [3.8, 4) is 0 Å². The van der Waals surface area contributed by atoms with Crippen molar-refractivity contribution in [2.75, 3.05) is 11.9 Å². The molecule has 0 unspecified atom stereocenters. The molecule has 3 heterocycles. The largest absolute Gasteiger partial charge is 0.364 e. The number of carbonyl (C=O) groups excluding carboxylic acids is 1. The van der Waals surface area contributed by atoms with Crippen LogP contribution in [0.1, 0.15) is 43.4 Å². The van der Waals surface area contributed by atoms with Gasteiger partial charge in [-0.1, -0.05) is 67.6 Å². The summed E-state index contributed by atoms with van der Waals surface area (Å²) in [7, 11) is 0. The van der Waals surface area contributed by atoms with Crippen molar-refractivity contribution in [1.82, 2.24) is 24.4 Å². The summed E-state index contributed by atoms with van der Waals surface area (Å²) in [6, 6.07) is 20.8. The topological polar surface area (TPSA) is 75.9 Å². The van der Waals surface area contributed by atoms with E-state index in [1.54, 1.807) is 6.33 Å². The molecule has 0 saturated carbocycles. The minimum Gasteiger partial charge on any atom is -0.364 e. The van der Waals surface area contributed by atoms with E-state index in [2.05, 4.69) is 68.2 Å². The molecular weight excluding hydrogens is 424 g/mol. The highest BCUT2D eigenvalue weighted by atomic mass is 16.2. The summed E-state index contributed by atoms with van der Waals surface area (Å²) in [4.78, 5) is 28.3. The zero-order valence-corrected chi connectivity index (χ0v) is 19.5. The lowest BCUT2D eigenvalue weighted by Gasteiger charge is -2.48. The molecule has 174 valence electrons.